The molecule has 0 bridgehead atoms. The summed E-state index contributed by atoms with van der Waals surface area (Å²) in [6.07, 6.45) is 1.69. The summed E-state index contributed by atoms with van der Waals surface area (Å²) in [5.74, 6) is 1.17. The van der Waals surface area contributed by atoms with Crippen molar-refractivity contribution in [2.75, 3.05) is 17.2 Å². The maximum Gasteiger partial charge on any atom is 0.229 e. The molecular formula is C20H22N4O. The Morgan fingerprint density at radius 3 is 2.48 bits per heavy atom. The van der Waals surface area contributed by atoms with Gasteiger partial charge in [-0.15, -0.1) is 0 Å². The Morgan fingerprint density at radius 1 is 1.00 bits per heavy atom. The van der Waals surface area contributed by atoms with Crippen LogP contribution in [0.5, 0.6) is 0 Å². The SMILES string of the molecule is Cc1cccc(Nc2nccc(NC(CO)c3cccc(C)c3)n2)c1. The predicted molar refractivity (Wildman–Crippen MR) is 101 cm³/mol. The van der Waals surface area contributed by atoms with E-state index in [2.05, 4.69) is 26.7 Å². The maximum absolute atomic E-state index is 9.75. The number of hydrogen-bond acceptors (Lipinski definition) is 5. The number of nitrogens with one attached hydrogen (secondary N) is 2. The van der Waals surface area contributed by atoms with E-state index in [-0.39, 0.29) is 12.6 Å². The van der Waals surface area contributed by atoms with E-state index in [0.29, 0.717) is 11.8 Å². The normalized spacial score (nSPS) is 11.8. The monoisotopic (exact) mass is 334 g/mol. The molecule has 3 rings (SSSR count). The van der Waals surface area contributed by atoms with E-state index in [4.69, 9.17) is 0 Å². The van der Waals surface area contributed by atoms with Crippen molar-refractivity contribution >= 4 is 17.5 Å². The highest BCUT2D eigenvalue weighted by molar-refractivity contribution is 5.55. The lowest BCUT2D eigenvalue weighted by Gasteiger charge is -2.18. The number of aryl methyl sites for hydroxylation is 2. The van der Waals surface area contributed by atoms with Crippen LogP contribution in [0.3, 0.4) is 0 Å². The summed E-state index contributed by atoms with van der Waals surface area (Å²) in [6, 6.07) is 17.7. The Balaban J connectivity index is 1.76. The summed E-state index contributed by atoms with van der Waals surface area (Å²) in [5, 5.41) is 16.2. The molecule has 3 N–H and O–H groups in total. The second kappa shape index (κ2) is 7.77. The summed E-state index contributed by atoms with van der Waals surface area (Å²) in [5.41, 5.74) is 4.28. The van der Waals surface area contributed by atoms with Gasteiger partial charge in [0.05, 0.1) is 12.6 Å². The average Bonchev–Trinajstić information content (AvgIpc) is 2.60. The number of anilines is 3. The summed E-state index contributed by atoms with van der Waals surface area (Å²) in [6.45, 7) is 4.05. The van der Waals surface area contributed by atoms with E-state index in [9.17, 15) is 5.11 Å². The Bertz CT molecular complexity index is 850. The molecule has 0 spiro atoms. The van der Waals surface area contributed by atoms with E-state index in [1.54, 1.807) is 12.3 Å². The fraction of sp³-hybridized carbons (Fsp3) is 0.200. The van der Waals surface area contributed by atoms with Gasteiger partial charge in [-0.05, 0) is 43.2 Å². The van der Waals surface area contributed by atoms with Crippen LogP contribution >= 0.6 is 0 Å². The van der Waals surface area contributed by atoms with Gasteiger partial charge in [0.25, 0.3) is 0 Å². The van der Waals surface area contributed by atoms with Crippen molar-refractivity contribution in [3.05, 3.63) is 77.5 Å². The Hall–Kier alpha value is -2.92. The molecule has 1 atom stereocenters. The second-order valence-electron chi connectivity index (χ2n) is 6.05. The Labute approximate surface area is 147 Å². The second-order valence-corrected chi connectivity index (χ2v) is 6.05. The smallest absolute Gasteiger partial charge is 0.229 e. The topological polar surface area (TPSA) is 70.1 Å². The highest BCUT2D eigenvalue weighted by Crippen LogP contribution is 2.20. The quantitative estimate of drug-likeness (QED) is 0.636. The van der Waals surface area contributed by atoms with Crippen LogP contribution < -0.4 is 10.6 Å². The van der Waals surface area contributed by atoms with Gasteiger partial charge in [0.2, 0.25) is 5.95 Å². The van der Waals surface area contributed by atoms with Crippen LogP contribution in [0.2, 0.25) is 0 Å². The number of rotatable bonds is 6. The molecule has 0 amide bonds. The van der Waals surface area contributed by atoms with Crippen LogP contribution in [0.15, 0.2) is 60.8 Å². The Morgan fingerprint density at radius 2 is 1.76 bits per heavy atom. The van der Waals surface area contributed by atoms with E-state index >= 15 is 0 Å². The summed E-state index contributed by atoms with van der Waals surface area (Å²) >= 11 is 0. The summed E-state index contributed by atoms with van der Waals surface area (Å²) in [4.78, 5) is 8.75. The van der Waals surface area contributed by atoms with Crippen molar-refractivity contribution in [2.24, 2.45) is 0 Å². The van der Waals surface area contributed by atoms with Crippen molar-refractivity contribution in [3.63, 3.8) is 0 Å². The van der Waals surface area contributed by atoms with Crippen molar-refractivity contribution < 1.29 is 5.11 Å². The molecule has 3 aromatic rings. The van der Waals surface area contributed by atoms with Crippen LogP contribution in [0.1, 0.15) is 22.7 Å². The third-order valence-electron chi connectivity index (χ3n) is 3.88. The molecule has 0 radical (unpaired) electrons. The largest absolute Gasteiger partial charge is 0.394 e. The highest BCUT2D eigenvalue weighted by atomic mass is 16.3. The molecule has 1 heterocycles. The number of hydrogen-bond donors (Lipinski definition) is 3. The van der Waals surface area contributed by atoms with Crippen LogP contribution in [-0.4, -0.2) is 21.7 Å². The molecule has 1 unspecified atom stereocenters. The molecule has 0 aliphatic rings. The number of aliphatic hydroxyl groups excluding tert-OH is 1. The summed E-state index contributed by atoms with van der Waals surface area (Å²) in [7, 11) is 0. The van der Waals surface area contributed by atoms with Crippen molar-refractivity contribution in [1.82, 2.24) is 9.97 Å². The molecule has 0 aliphatic carbocycles. The standard InChI is InChI=1S/C20H22N4O/c1-14-5-3-7-16(11-14)18(13-25)23-19-9-10-21-20(24-19)22-17-8-4-6-15(2)12-17/h3-12,18,25H,13H2,1-2H3,(H2,21,22,23,24). The van der Waals surface area contributed by atoms with Gasteiger partial charge in [-0.25, -0.2) is 4.98 Å². The molecule has 2 aromatic carbocycles. The van der Waals surface area contributed by atoms with Crippen LogP contribution in [0.25, 0.3) is 0 Å². The zero-order valence-electron chi connectivity index (χ0n) is 14.4. The third kappa shape index (κ3) is 4.55. The van der Waals surface area contributed by atoms with Gasteiger partial charge in [-0.1, -0.05) is 42.0 Å². The lowest BCUT2D eigenvalue weighted by molar-refractivity contribution is 0.276. The van der Waals surface area contributed by atoms with Crippen molar-refractivity contribution in [3.8, 4) is 0 Å². The lowest BCUT2D eigenvalue weighted by Crippen LogP contribution is -2.16. The van der Waals surface area contributed by atoms with Gasteiger partial charge in [0.1, 0.15) is 5.82 Å². The van der Waals surface area contributed by atoms with Gasteiger partial charge in [0.15, 0.2) is 0 Å². The Kier molecular flexibility index (Phi) is 5.26. The van der Waals surface area contributed by atoms with Gasteiger partial charge >= 0.3 is 0 Å². The van der Waals surface area contributed by atoms with E-state index in [1.165, 1.54) is 5.56 Å². The molecule has 128 valence electrons. The highest BCUT2D eigenvalue weighted by Gasteiger charge is 2.11. The van der Waals surface area contributed by atoms with Crippen molar-refractivity contribution in [1.29, 1.82) is 0 Å². The zero-order valence-corrected chi connectivity index (χ0v) is 14.4. The fourth-order valence-electron chi connectivity index (χ4n) is 2.65. The first-order valence-electron chi connectivity index (χ1n) is 8.25. The van der Waals surface area contributed by atoms with E-state index < -0.39 is 0 Å². The zero-order chi connectivity index (χ0) is 17.6. The van der Waals surface area contributed by atoms with Gasteiger partial charge in [0, 0.05) is 11.9 Å². The number of nitrogens with zero attached hydrogens (tertiary/aromatic N) is 2. The molecule has 0 aliphatic heterocycles. The van der Waals surface area contributed by atoms with Gasteiger partial charge in [-0.2, -0.15) is 4.98 Å². The molecule has 5 nitrogen and oxygen atoms in total. The van der Waals surface area contributed by atoms with Crippen LogP contribution in [-0.2, 0) is 0 Å². The molecular weight excluding hydrogens is 312 g/mol. The third-order valence-corrected chi connectivity index (χ3v) is 3.88. The van der Waals surface area contributed by atoms with E-state index in [0.717, 1.165) is 16.8 Å². The molecule has 0 saturated carbocycles. The number of benzene rings is 2. The molecule has 25 heavy (non-hydrogen) atoms. The minimum absolute atomic E-state index is 0.0197. The number of aliphatic hydroxyl groups is 1. The average molecular weight is 334 g/mol. The first-order chi connectivity index (χ1) is 12.1. The first kappa shape index (κ1) is 16.9. The predicted octanol–water partition coefficient (Wildman–Crippen LogP) is 3.98. The van der Waals surface area contributed by atoms with Gasteiger partial charge < -0.3 is 15.7 Å². The molecule has 1 aromatic heterocycles. The number of aromatic nitrogens is 2. The molecule has 0 saturated heterocycles. The van der Waals surface area contributed by atoms with E-state index in [1.807, 2.05) is 56.3 Å². The summed E-state index contributed by atoms with van der Waals surface area (Å²) < 4.78 is 0. The van der Waals surface area contributed by atoms with Crippen molar-refractivity contribution in [2.45, 2.75) is 19.9 Å². The fourth-order valence-corrected chi connectivity index (χ4v) is 2.65. The first-order valence-corrected chi connectivity index (χ1v) is 8.25. The van der Waals surface area contributed by atoms with Crippen LogP contribution in [0, 0.1) is 13.8 Å². The molecule has 5 heteroatoms. The van der Waals surface area contributed by atoms with Crippen LogP contribution in [0.4, 0.5) is 17.5 Å². The lowest BCUT2D eigenvalue weighted by atomic mass is 10.1. The minimum atomic E-state index is -0.221. The van der Waals surface area contributed by atoms with Gasteiger partial charge in [-0.3, -0.25) is 0 Å². The maximum atomic E-state index is 9.75. The minimum Gasteiger partial charge on any atom is -0.394 e. The molecule has 0 fully saturated rings.